The molecule has 2 aromatic rings. The van der Waals surface area contributed by atoms with Gasteiger partial charge in [0.25, 0.3) is 11.5 Å². The Morgan fingerprint density at radius 2 is 2.00 bits per heavy atom. The van der Waals surface area contributed by atoms with Crippen LogP contribution in [0, 0.1) is 0 Å². The summed E-state index contributed by atoms with van der Waals surface area (Å²) in [7, 11) is 1.55. The molecule has 3 heterocycles. The number of para-hydroxylation sites is 1. The SMILES string of the molecule is Cn1nc(C(=O)N2CCC[C@]3(C=Cc4ccccc4O3)CC2)ccc1=O. The van der Waals surface area contributed by atoms with Gasteiger partial charge in [-0.05, 0) is 31.1 Å². The molecular weight excluding hydrogens is 330 g/mol. The minimum atomic E-state index is -0.361. The van der Waals surface area contributed by atoms with Crippen LogP contribution in [0.15, 0.2) is 47.3 Å². The Bertz CT molecular complexity index is 934. The quantitative estimate of drug-likeness (QED) is 0.790. The predicted molar refractivity (Wildman–Crippen MR) is 98.1 cm³/mol. The van der Waals surface area contributed by atoms with Gasteiger partial charge in [-0.25, -0.2) is 4.68 Å². The number of benzene rings is 1. The fraction of sp³-hybridized carbons (Fsp3) is 0.350. The first kappa shape index (κ1) is 16.6. The highest BCUT2D eigenvalue weighted by Crippen LogP contribution is 2.37. The van der Waals surface area contributed by atoms with E-state index in [9.17, 15) is 9.59 Å². The molecule has 1 atom stereocenters. The number of aromatic nitrogens is 2. The van der Waals surface area contributed by atoms with Crippen LogP contribution >= 0.6 is 0 Å². The van der Waals surface area contributed by atoms with Gasteiger partial charge in [0.2, 0.25) is 0 Å². The van der Waals surface area contributed by atoms with Crippen molar-refractivity contribution < 1.29 is 9.53 Å². The Labute approximate surface area is 151 Å². The molecule has 1 aromatic carbocycles. The summed E-state index contributed by atoms with van der Waals surface area (Å²) in [6, 6.07) is 10.9. The molecule has 1 saturated heterocycles. The second-order valence-electron chi connectivity index (χ2n) is 6.86. The highest BCUT2D eigenvalue weighted by molar-refractivity contribution is 5.92. The molecule has 6 nitrogen and oxygen atoms in total. The summed E-state index contributed by atoms with van der Waals surface area (Å²) in [4.78, 5) is 26.1. The number of hydrogen-bond donors (Lipinski definition) is 0. The molecule has 26 heavy (non-hydrogen) atoms. The number of carbonyl (C=O) groups excluding carboxylic acids is 1. The molecule has 1 spiro atoms. The summed E-state index contributed by atoms with van der Waals surface area (Å²) in [6.45, 7) is 1.25. The molecule has 0 unspecified atom stereocenters. The Kier molecular flexibility index (Phi) is 4.11. The van der Waals surface area contributed by atoms with E-state index in [1.807, 2.05) is 24.3 Å². The van der Waals surface area contributed by atoms with Crippen LogP contribution in [0.1, 0.15) is 35.3 Å². The zero-order valence-electron chi connectivity index (χ0n) is 14.7. The molecule has 1 fully saturated rings. The second-order valence-corrected chi connectivity index (χ2v) is 6.86. The van der Waals surface area contributed by atoms with Crippen molar-refractivity contribution in [1.82, 2.24) is 14.7 Å². The fourth-order valence-electron chi connectivity index (χ4n) is 3.59. The van der Waals surface area contributed by atoms with Crippen molar-refractivity contribution in [2.45, 2.75) is 24.9 Å². The zero-order chi connectivity index (χ0) is 18.1. The van der Waals surface area contributed by atoms with Crippen LogP contribution in [0.2, 0.25) is 0 Å². The summed E-state index contributed by atoms with van der Waals surface area (Å²) in [5, 5.41) is 4.08. The van der Waals surface area contributed by atoms with Crippen molar-refractivity contribution in [3.63, 3.8) is 0 Å². The van der Waals surface area contributed by atoms with Crippen molar-refractivity contribution in [3.8, 4) is 5.75 Å². The van der Waals surface area contributed by atoms with E-state index in [1.165, 1.54) is 16.8 Å². The Morgan fingerprint density at radius 3 is 2.85 bits per heavy atom. The minimum absolute atomic E-state index is 0.141. The lowest BCUT2D eigenvalue weighted by Crippen LogP contribution is -2.38. The highest BCUT2D eigenvalue weighted by atomic mass is 16.5. The van der Waals surface area contributed by atoms with E-state index < -0.39 is 0 Å². The number of rotatable bonds is 1. The summed E-state index contributed by atoms with van der Waals surface area (Å²) in [5.74, 6) is 0.757. The highest BCUT2D eigenvalue weighted by Gasteiger charge is 2.36. The van der Waals surface area contributed by atoms with Crippen LogP contribution in [0.5, 0.6) is 5.75 Å². The van der Waals surface area contributed by atoms with Crippen LogP contribution in [-0.2, 0) is 7.05 Å². The monoisotopic (exact) mass is 351 g/mol. The number of carbonyl (C=O) groups is 1. The van der Waals surface area contributed by atoms with Gasteiger partial charge in [0.15, 0.2) is 0 Å². The molecule has 2 aliphatic rings. The van der Waals surface area contributed by atoms with Gasteiger partial charge in [-0.15, -0.1) is 0 Å². The molecule has 0 aliphatic carbocycles. The maximum atomic E-state index is 12.8. The van der Waals surface area contributed by atoms with Crippen molar-refractivity contribution >= 4 is 12.0 Å². The minimum Gasteiger partial charge on any atom is -0.483 e. The van der Waals surface area contributed by atoms with Crippen LogP contribution in [0.25, 0.3) is 6.08 Å². The zero-order valence-corrected chi connectivity index (χ0v) is 14.7. The third-order valence-corrected chi connectivity index (χ3v) is 5.10. The third kappa shape index (κ3) is 3.03. The Balaban J connectivity index is 1.51. The summed E-state index contributed by atoms with van der Waals surface area (Å²) in [5.41, 5.74) is 0.800. The number of ether oxygens (including phenoxy) is 1. The first-order valence-corrected chi connectivity index (χ1v) is 8.87. The van der Waals surface area contributed by atoms with Gasteiger partial charge in [-0.2, -0.15) is 5.10 Å². The number of fused-ring (bicyclic) bond motifs is 1. The molecule has 2 aliphatic heterocycles. The normalized spacial score (nSPS) is 21.8. The first-order chi connectivity index (χ1) is 12.6. The molecule has 6 heteroatoms. The van der Waals surface area contributed by atoms with Crippen molar-refractivity contribution in [2.24, 2.45) is 7.05 Å². The molecule has 0 radical (unpaired) electrons. The summed E-state index contributed by atoms with van der Waals surface area (Å²) < 4.78 is 7.51. The summed E-state index contributed by atoms with van der Waals surface area (Å²) >= 11 is 0. The number of nitrogens with zero attached hydrogens (tertiary/aromatic N) is 3. The van der Waals surface area contributed by atoms with E-state index in [-0.39, 0.29) is 17.1 Å². The lowest BCUT2D eigenvalue weighted by molar-refractivity contribution is 0.0722. The second kappa shape index (κ2) is 6.44. The summed E-state index contributed by atoms with van der Waals surface area (Å²) in [6.07, 6.45) is 6.69. The topological polar surface area (TPSA) is 64.4 Å². The average molecular weight is 351 g/mol. The number of likely N-dealkylation sites (tertiary alicyclic amines) is 1. The van der Waals surface area contributed by atoms with E-state index in [2.05, 4.69) is 17.3 Å². The average Bonchev–Trinajstić information content (AvgIpc) is 2.86. The molecular formula is C20H21N3O3. The van der Waals surface area contributed by atoms with Crippen molar-refractivity contribution in [2.75, 3.05) is 13.1 Å². The molecule has 1 amide bonds. The Morgan fingerprint density at radius 1 is 1.15 bits per heavy atom. The first-order valence-electron chi connectivity index (χ1n) is 8.87. The van der Waals surface area contributed by atoms with Gasteiger partial charge < -0.3 is 9.64 Å². The molecule has 0 bridgehead atoms. The van der Waals surface area contributed by atoms with Crippen LogP contribution in [-0.4, -0.2) is 39.3 Å². The van der Waals surface area contributed by atoms with Crippen LogP contribution in [0.4, 0.5) is 0 Å². The van der Waals surface area contributed by atoms with Crippen molar-refractivity contribution in [3.05, 3.63) is 64.1 Å². The van der Waals surface area contributed by atoms with E-state index >= 15 is 0 Å². The van der Waals surface area contributed by atoms with Gasteiger partial charge in [0, 0.05) is 38.2 Å². The Hall–Kier alpha value is -2.89. The van der Waals surface area contributed by atoms with Gasteiger partial charge in [0.05, 0.1) is 0 Å². The molecule has 0 N–H and O–H groups in total. The van der Waals surface area contributed by atoms with Crippen molar-refractivity contribution in [1.29, 1.82) is 0 Å². The lowest BCUT2D eigenvalue weighted by Gasteiger charge is -2.34. The van der Waals surface area contributed by atoms with E-state index in [0.717, 1.165) is 30.6 Å². The van der Waals surface area contributed by atoms with E-state index in [0.29, 0.717) is 18.8 Å². The van der Waals surface area contributed by atoms with E-state index in [4.69, 9.17) is 4.74 Å². The smallest absolute Gasteiger partial charge is 0.274 e. The predicted octanol–water partition coefficient (Wildman–Crippen LogP) is 2.25. The van der Waals surface area contributed by atoms with Gasteiger partial charge in [-0.3, -0.25) is 9.59 Å². The lowest BCUT2D eigenvalue weighted by atomic mass is 9.91. The van der Waals surface area contributed by atoms with Gasteiger partial charge >= 0.3 is 0 Å². The maximum absolute atomic E-state index is 12.8. The molecule has 4 rings (SSSR count). The molecule has 0 saturated carbocycles. The standard InChI is InChI=1S/C20H21N3O3/c1-22-18(24)8-7-16(21-22)19(25)23-13-4-10-20(12-14-23)11-9-15-5-2-3-6-17(15)26-20/h2-3,5-9,11H,4,10,12-14H2,1H3/t20-/m0/s1. The number of hydrogen-bond acceptors (Lipinski definition) is 4. The van der Waals surface area contributed by atoms with Gasteiger partial charge in [-0.1, -0.05) is 24.3 Å². The van der Waals surface area contributed by atoms with E-state index in [1.54, 1.807) is 11.9 Å². The fourth-order valence-corrected chi connectivity index (χ4v) is 3.59. The number of amides is 1. The molecule has 1 aromatic heterocycles. The molecule has 134 valence electrons. The number of aryl methyl sites for hydroxylation is 1. The maximum Gasteiger partial charge on any atom is 0.274 e. The largest absolute Gasteiger partial charge is 0.483 e. The van der Waals surface area contributed by atoms with Crippen LogP contribution in [0.3, 0.4) is 0 Å². The van der Waals surface area contributed by atoms with Crippen LogP contribution < -0.4 is 10.3 Å². The van der Waals surface area contributed by atoms with Gasteiger partial charge in [0.1, 0.15) is 17.0 Å². The third-order valence-electron chi connectivity index (χ3n) is 5.10.